The second-order valence-electron chi connectivity index (χ2n) is 17.8. The van der Waals surface area contributed by atoms with Crippen molar-refractivity contribution in [1.82, 2.24) is 0 Å². The van der Waals surface area contributed by atoms with E-state index in [0.717, 1.165) is 122 Å². The van der Waals surface area contributed by atoms with E-state index in [9.17, 15) is 14.4 Å². The third kappa shape index (κ3) is 54.4. The first-order chi connectivity index (χ1) is 34.0. The van der Waals surface area contributed by atoms with Crippen LogP contribution in [0.3, 0.4) is 0 Å². The summed E-state index contributed by atoms with van der Waals surface area (Å²) in [5.74, 6) is -1.01. The van der Waals surface area contributed by atoms with Crippen molar-refractivity contribution >= 4 is 17.9 Å². The van der Waals surface area contributed by atoms with E-state index in [4.69, 9.17) is 14.2 Å². The van der Waals surface area contributed by atoms with Crippen LogP contribution in [0.2, 0.25) is 0 Å². The lowest BCUT2D eigenvalue weighted by atomic mass is 10.1. The number of allylic oxidation sites excluding steroid dienone is 22. The van der Waals surface area contributed by atoms with E-state index >= 15 is 0 Å². The summed E-state index contributed by atoms with van der Waals surface area (Å²) in [7, 11) is 0. The Balaban J connectivity index is 4.55. The summed E-state index contributed by atoms with van der Waals surface area (Å²) in [6.07, 6.45) is 78.7. The van der Waals surface area contributed by atoms with Crippen molar-refractivity contribution in [2.24, 2.45) is 0 Å². The molecule has 0 aliphatic carbocycles. The molecule has 1 unspecified atom stereocenters. The molecule has 0 spiro atoms. The summed E-state index contributed by atoms with van der Waals surface area (Å²) in [5, 5.41) is 0. The lowest BCUT2D eigenvalue weighted by Gasteiger charge is -2.18. The highest BCUT2D eigenvalue weighted by molar-refractivity contribution is 5.71. The smallest absolute Gasteiger partial charge is 0.306 e. The number of carbonyl (C=O) groups is 3. The van der Waals surface area contributed by atoms with E-state index in [0.29, 0.717) is 19.3 Å². The Morgan fingerprint density at radius 1 is 0.319 bits per heavy atom. The maximum atomic E-state index is 12.8. The molecule has 0 saturated carbocycles. The van der Waals surface area contributed by atoms with Gasteiger partial charge in [0.05, 0.1) is 0 Å². The summed E-state index contributed by atoms with van der Waals surface area (Å²) in [4.78, 5) is 38.1. The Morgan fingerprint density at radius 2 is 0.652 bits per heavy atom. The molecule has 0 aliphatic rings. The van der Waals surface area contributed by atoms with Crippen LogP contribution < -0.4 is 0 Å². The number of hydrogen-bond acceptors (Lipinski definition) is 6. The SMILES string of the molecule is CC\C=C/C=C\C=C/C=C\CCCCCCCC(=O)OCC(COC(=O)CCCCCCCC/C=C\C/C=C\C/C=C\C/C=C\CC)OC(=O)CCC/C=C\C/C=C\C/C=C\CCCCCCCC. The zero-order valence-electron chi connectivity index (χ0n) is 44.3. The average molecular weight is 953 g/mol. The van der Waals surface area contributed by atoms with Crippen LogP contribution in [0.5, 0.6) is 0 Å². The third-order valence-corrected chi connectivity index (χ3v) is 11.2. The number of carbonyl (C=O) groups excluding carboxylic acids is 3. The Bertz CT molecular complexity index is 1510. The lowest BCUT2D eigenvalue weighted by Crippen LogP contribution is -2.30. The highest BCUT2D eigenvalue weighted by Gasteiger charge is 2.19. The Kier molecular flexibility index (Phi) is 52.5. The first-order valence-corrected chi connectivity index (χ1v) is 27.7. The van der Waals surface area contributed by atoms with Gasteiger partial charge < -0.3 is 14.2 Å². The molecule has 0 radical (unpaired) electrons. The summed E-state index contributed by atoms with van der Waals surface area (Å²) < 4.78 is 16.8. The highest BCUT2D eigenvalue weighted by atomic mass is 16.6. The molecule has 6 heteroatoms. The van der Waals surface area contributed by atoms with Gasteiger partial charge in [-0.1, -0.05) is 231 Å². The van der Waals surface area contributed by atoms with Crippen molar-refractivity contribution in [3.05, 3.63) is 134 Å². The van der Waals surface area contributed by atoms with Crippen molar-refractivity contribution in [2.45, 2.75) is 232 Å². The average Bonchev–Trinajstić information content (AvgIpc) is 3.35. The van der Waals surface area contributed by atoms with Gasteiger partial charge in [0.2, 0.25) is 0 Å². The molecule has 0 aromatic heterocycles. The topological polar surface area (TPSA) is 78.9 Å². The molecular weight excluding hydrogens is 853 g/mol. The molecule has 1 atom stereocenters. The number of ether oxygens (including phenoxy) is 3. The molecule has 0 aliphatic heterocycles. The summed E-state index contributed by atoms with van der Waals surface area (Å²) >= 11 is 0. The van der Waals surface area contributed by atoms with E-state index in [-0.39, 0.29) is 37.5 Å². The Labute approximate surface area is 424 Å². The summed E-state index contributed by atoms with van der Waals surface area (Å²) in [6, 6.07) is 0. The van der Waals surface area contributed by atoms with Crippen LogP contribution >= 0.6 is 0 Å². The van der Waals surface area contributed by atoms with Crippen LogP contribution in [-0.2, 0) is 28.6 Å². The zero-order chi connectivity index (χ0) is 50.0. The van der Waals surface area contributed by atoms with Crippen molar-refractivity contribution in [3.63, 3.8) is 0 Å². The van der Waals surface area contributed by atoms with Crippen molar-refractivity contribution in [2.75, 3.05) is 13.2 Å². The minimum atomic E-state index is -0.826. The first-order valence-electron chi connectivity index (χ1n) is 27.7. The predicted molar refractivity (Wildman–Crippen MR) is 297 cm³/mol. The van der Waals surface area contributed by atoms with E-state index in [2.05, 4.69) is 130 Å². The van der Waals surface area contributed by atoms with Crippen LogP contribution in [0, 0.1) is 0 Å². The van der Waals surface area contributed by atoms with Gasteiger partial charge in [0, 0.05) is 19.3 Å². The molecule has 0 rings (SSSR count). The highest BCUT2D eigenvalue weighted by Crippen LogP contribution is 2.13. The largest absolute Gasteiger partial charge is 0.462 e. The van der Waals surface area contributed by atoms with Gasteiger partial charge in [-0.3, -0.25) is 14.4 Å². The first kappa shape index (κ1) is 64.5. The van der Waals surface area contributed by atoms with E-state index < -0.39 is 6.10 Å². The molecule has 6 nitrogen and oxygen atoms in total. The third-order valence-electron chi connectivity index (χ3n) is 11.2. The summed E-state index contributed by atoms with van der Waals surface area (Å²) in [6.45, 7) is 6.29. The zero-order valence-corrected chi connectivity index (χ0v) is 44.3. The van der Waals surface area contributed by atoms with Gasteiger partial charge in [0.25, 0.3) is 0 Å². The molecule has 0 bridgehead atoms. The minimum Gasteiger partial charge on any atom is -0.462 e. The van der Waals surface area contributed by atoms with Crippen molar-refractivity contribution in [1.29, 1.82) is 0 Å². The van der Waals surface area contributed by atoms with Gasteiger partial charge in [0.1, 0.15) is 13.2 Å². The molecule has 0 saturated heterocycles. The Morgan fingerprint density at radius 3 is 1.10 bits per heavy atom. The van der Waals surface area contributed by atoms with Gasteiger partial charge >= 0.3 is 17.9 Å². The van der Waals surface area contributed by atoms with Crippen LogP contribution in [0.25, 0.3) is 0 Å². The van der Waals surface area contributed by atoms with Crippen molar-refractivity contribution in [3.8, 4) is 0 Å². The molecule has 0 N–H and O–H groups in total. The molecular formula is C63H100O6. The standard InChI is InChI=1S/C63H100O6/c1-4-7-10-13-16-19-22-25-28-30-31-33-35-38-41-44-47-50-53-56-62(65)68-59-60(58-67-61(64)55-52-49-46-43-40-37-34-27-24-21-18-15-12-9-6-3)69-63(66)57-54-51-48-45-42-39-36-32-29-26-23-20-17-14-11-8-5-2/h7,9-10,12,15-16,18-19,21,24-29,31,33-34,36,39,45,48,60H,4-6,8,11,13-14,17,20,22-23,30,32,35,37-38,40-44,46-47,49-59H2,1-3H3/b10-7-,12-9-,18-15-,19-16-,24-21-,28-25-,29-26-,33-31-,34-27-,39-36-,48-45-. The van der Waals surface area contributed by atoms with Gasteiger partial charge in [-0.15, -0.1) is 0 Å². The van der Waals surface area contributed by atoms with Crippen LogP contribution in [-0.4, -0.2) is 37.2 Å². The number of rotatable bonds is 48. The fourth-order valence-corrected chi connectivity index (χ4v) is 7.11. The number of unbranched alkanes of at least 4 members (excludes halogenated alkanes) is 18. The molecule has 0 aromatic carbocycles. The van der Waals surface area contributed by atoms with Crippen LogP contribution in [0.1, 0.15) is 226 Å². The lowest BCUT2D eigenvalue weighted by molar-refractivity contribution is -0.167. The predicted octanol–water partition coefficient (Wildman–Crippen LogP) is 18.6. The van der Waals surface area contributed by atoms with Crippen LogP contribution in [0.4, 0.5) is 0 Å². The van der Waals surface area contributed by atoms with E-state index in [1.54, 1.807) is 0 Å². The fraction of sp³-hybridized carbons (Fsp3) is 0.603. The monoisotopic (exact) mass is 953 g/mol. The van der Waals surface area contributed by atoms with E-state index in [1.165, 1.54) is 57.8 Å². The maximum Gasteiger partial charge on any atom is 0.306 e. The van der Waals surface area contributed by atoms with Crippen molar-refractivity contribution < 1.29 is 28.6 Å². The Hall–Kier alpha value is -4.45. The molecule has 0 aromatic rings. The fourth-order valence-electron chi connectivity index (χ4n) is 7.11. The minimum absolute atomic E-state index is 0.118. The van der Waals surface area contributed by atoms with Gasteiger partial charge in [-0.25, -0.2) is 0 Å². The van der Waals surface area contributed by atoms with Gasteiger partial charge in [0.15, 0.2) is 6.10 Å². The van der Waals surface area contributed by atoms with E-state index in [1.807, 2.05) is 24.3 Å². The molecule has 69 heavy (non-hydrogen) atoms. The number of esters is 3. The normalized spacial score (nSPS) is 13.1. The second kappa shape index (κ2) is 56.1. The molecule has 0 amide bonds. The second-order valence-corrected chi connectivity index (χ2v) is 17.8. The molecule has 0 heterocycles. The molecule has 0 fully saturated rings. The van der Waals surface area contributed by atoms with Gasteiger partial charge in [-0.2, -0.15) is 0 Å². The molecule has 388 valence electrons. The quantitative estimate of drug-likeness (QED) is 0.0199. The van der Waals surface area contributed by atoms with Crippen LogP contribution in [0.15, 0.2) is 134 Å². The number of hydrogen-bond donors (Lipinski definition) is 0. The summed E-state index contributed by atoms with van der Waals surface area (Å²) in [5.41, 5.74) is 0. The van der Waals surface area contributed by atoms with Gasteiger partial charge in [-0.05, 0) is 109 Å². The maximum absolute atomic E-state index is 12.8.